The van der Waals surface area contributed by atoms with Crippen molar-refractivity contribution in [3.63, 3.8) is 0 Å². The lowest BCUT2D eigenvalue weighted by Crippen LogP contribution is -2.11. The molecule has 2 aromatic heterocycles. The Labute approximate surface area is 109 Å². The van der Waals surface area contributed by atoms with E-state index in [1.54, 1.807) is 13.0 Å². The molecule has 0 fully saturated rings. The largest absolute Gasteiger partial charge is 0.464 e. The first-order chi connectivity index (χ1) is 9.15. The average molecular weight is 266 g/mol. The highest BCUT2D eigenvalue weighted by Crippen LogP contribution is 2.11. The Kier molecular flexibility index (Phi) is 3.91. The maximum atomic E-state index is 11.6. The van der Waals surface area contributed by atoms with Gasteiger partial charge in [0.2, 0.25) is 0 Å². The Morgan fingerprint density at radius 2 is 2.26 bits per heavy atom. The number of rotatable bonds is 5. The summed E-state index contributed by atoms with van der Waals surface area (Å²) in [6.07, 6.45) is 0. The zero-order valence-electron chi connectivity index (χ0n) is 10.9. The van der Waals surface area contributed by atoms with Crippen LogP contribution in [0.15, 0.2) is 10.6 Å². The van der Waals surface area contributed by atoms with E-state index in [0.29, 0.717) is 23.7 Å². The Morgan fingerprint density at radius 1 is 1.47 bits per heavy atom. The molecular weight excluding hydrogens is 252 g/mol. The number of hydrogen-bond acceptors (Lipinski definition) is 7. The van der Waals surface area contributed by atoms with E-state index in [-0.39, 0.29) is 12.3 Å². The third-order valence-corrected chi connectivity index (χ3v) is 2.49. The van der Waals surface area contributed by atoms with Gasteiger partial charge in [-0.3, -0.25) is 0 Å². The Bertz CT molecular complexity index is 575. The van der Waals surface area contributed by atoms with Crippen LogP contribution < -0.4 is 0 Å². The quantitative estimate of drug-likeness (QED) is 0.730. The van der Waals surface area contributed by atoms with Gasteiger partial charge < -0.3 is 14.0 Å². The summed E-state index contributed by atoms with van der Waals surface area (Å²) in [6.45, 7) is 2.35. The number of methoxy groups -OCH3 is 2. The Hall–Kier alpha value is -2.22. The highest BCUT2D eigenvalue weighted by atomic mass is 16.5. The van der Waals surface area contributed by atoms with Crippen molar-refractivity contribution in [2.24, 2.45) is 0 Å². The van der Waals surface area contributed by atoms with E-state index >= 15 is 0 Å². The SMILES string of the molecule is COCc1c(C(=O)OC)nnn1Cc1cc(C)on1. The van der Waals surface area contributed by atoms with E-state index in [9.17, 15) is 4.79 Å². The van der Waals surface area contributed by atoms with Crippen LogP contribution in [0.2, 0.25) is 0 Å². The molecule has 8 nitrogen and oxygen atoms in total. The number of ether oxygens (including phenoxy) is 2. The first-order valence-corrected chi connectivity index (χ1v) is 5.57. The summed E-state index contributed by atoms with van der Waals surface area (Å²) in [6, 6.07) is 1.79. The van der Waals surface area contributed by atoms with Gasteiger partial charge in [0.15, 0.2) is 5.69 Å². The number of carbonyl (C=O) groups is 1. The van der Waals surface area contributed by atoms with Gasteiger partial charge in [0.05, 0.1) is 26.0 Å². The standard InChI is InChI=1S/C11H14N4O4/c1-7-4-8(13-19-7)5-15-9(6-17-2)10(12-14-15)11(16)18-3/h4H,5-6H2,1-3H3. The molecule has 2 heterocycles. The van der Waals surface area contributed by atoms with Gasteiger partial charge in [-0.05, 0) is 6.92 Å². The second-order valence-electron chi connectivity index (χ2n) is 3.90. The second-order valence-corrected chi connectivity index (χ2v) is 3.90. The molecule has 0 bridgehead atoms. The number of esters is 1. The zero-order valence-corrected chi connectivity index (χ0v) is 10.9. The molecular formula is C11H14N4O4. The predicted molar refractivity (Wildman–Crippen MR) is 62.4 cm³/mol. The molecule has 2 rings (SSSR count). The normalized spacial score (nSPS) is 10.7. The van der Waals surface area contributed by atoms with Gasteiger partial charge in [0.1, 0.15) is 11.5 Å². The van der Waals surface area contributed by atoms with E-state index < -0.39 is 5.97 Å². The third-order valence-electron chi connectivity index (χ3n) is 2.49. The molecule has 0 amide bonds. The molecule has 0 spiro atoms. The second kappa shape index (κ2) is 5.61. The minimum atomic E-state index is -0.547. The van der Waals surface area contributed by atoms with Crippen LogP contribution in [-0.2, 0) is 22.6 Å². The van der Waals surface area contributed by atoms with Crippen molar-refractivity contribution in [1.29, 1.82) is 0 Å². The molecule has 0 unspecified atom stereocenters. The van der Waals surface area contributed by atoms with Gasteiger partial charge in [-0.2, -0.15) is 0 Å². The zero-order chi connectivity index (χ0) is 13.8. The summed E-state index contributed by atoms with van der Waals surface area (Å²) in [5.41, 5.74) is 1.37. The van der Waals surface area contributed by atoms with E-state index in [2.05, 4.69) is 20.2 Å². The third kappa shape index (κ3) is 2.79. The molecule has 0 aliphatic carbocycles. The van der Waals surface area contributed by atoms with Gasteiger partial charge in [-0.15, -0.1) is 5.10 Å². The Balaban J connectivity index is 2.29. The van der Waals surface area contributed by atoms with Crippen LogP contribution in [0.3, 0.4) is 0 Å². The highest BCUT2D eigenvalue weighted by Gasteiger charge is 2.20. The van der Waals surface area contributed by atoms with E-state index in [1.807, 2.05) is 0 Å². The van der Waals surface area contributed by atoms with Crippen LogP contribution in [-0.4, -0.2) is 40.3 Å². The maximum Gasteiger partial charge on any atom is 0.360 e. The first kappa shape index (κ1) is 13.2. The van der Waals surface area contributed by atoms with Crippen molar-refractivity contribution in [2.75, 3.05) is 14.2 Å². The van der Waals surface area contributed by atoms with Crippen LogP contribution in [0.4, 0.5) is 0 Å². The summed E-state index contributed by atoms with van der Waals surface area (Å²) in [4.78, 5) is 11.6. The predicted octanol–water partition coefficient (Wildman–Crippen LogP) is 0.556. The van der Waals surface area contributed by atoms with Crippen molar-refractivity contribution in [2.45, 2.75) is 20.1 Å². The fraction of sp³-hybridized carbons (Fsp3) is 0.455. The van der Waals surface area contributed by atoms with E-state index in [0.717, 1.165) is 0 Å². The van der Waals surface area contributed by atoms with Crippen LogP contribution in [0.1, 0.15) is 27.6 Å². The van der Waals surface area contributed by atoms with Gasteiger partial charge >= 0.3 is 5.97 Å². The first-order valence-electron chi connectivity index (χ1n) is 5.57. The minimum absolute atomic E-state index is 0.143. The summed E-state index contributed by atoms with van der Waals surface area (Å²) in [7, 11) is 2.82. The topological polar surface area (TPSA) is 92.3 Å². The molecule has 0 radical (unpaired) electrons. The molecule has 0 aromatic carbocycles. The summed E-state index contributed by atoms with van der Waals surface area (Å²) < 4.78 is 16.2. The van der Waals surface area contributed by atoms with Crippen LogP contribution in [0.5, 0.6) is 0 Å². The van der Waals surface area contributed by atoms with E-state index in [4.69, 9.17) is 9.26 Å². The number of nitrogens with zero attached hydrogens (tertiary/aromatic N) is 4. The lowest BCUT2D eigenvalue weighted by molar-refractivity contribution is 0.0588. The van der Waals surface area contributed by atoms with Crippen LogP contribution in [0, 0.1) is 6.92 Å². The summed E-state index contributed by atoms with van der Waals surface area (Å²) >= 11 is 0. The molecule has 8 heteroatoms. The van der Waals surface area contributed by atoms with Crippen molar-refractivity contribution in [3.05, 3.63) is 28.9 Å². The van der Waals surface area contributed by atoms with Gasteiger partial charge in [0.25, 0.3) is 0 Å². The van der Waals surface area contributed by atoms with E-state index in [1.165, 1.54) is 18.9 Å². The fourth-order valence-corrected chi connectivity index (χ4v) is 1.64. The van der Waals surface area contributed by atoms with Gasteiger partial charge in [-0.1, -0.05) is 10.4 Å². The van der Waals surface area contributed by atoms with Gasteiger partial charge in [-0.25, -0.2) is 9.48 Å². The van der Waals surface area contributed by atoms with Crippen molar-refractivity contribution in [1.82, 2.24) is 20.2 Å². The molecule has 0 saturated carbocycles. The van der Waals surface area contributed by atoms with Crippen LogP contribution >= 0.6 is 0 Å². The summed E-state index contributed by atoms with van der Waals surface area (Å²) in [5, 5.41) is 11.6. The maximum absolute atomic E-state index is 11.6. The number of hydrogen-bond donors (Lipinski definition) is 0. The molecule has 0 atom stereocenters. The Morgan fingerprint density at radius 3 is 2.84 bits per heavy atom. The monoisotopic (exact) mass is 266 g/mol. The summed E-state index contributed by atoms with van der Waals surface area (Å²) in [5.74, 6) is 0.159. The average Bonchev–Trinajstić information content (AvgIpc) is 2.97. The van der Waals surface area contributed by atoms with Crippen molar-refractivity contribution >= 4 is 5.97 Å². The lowest BCUT2D eigenvalue weighted by Gasteiger charge is -2.04. The van der Waals surface area contributed by atoms with Gasteiger partial charge in [0, 0.05) is 13.2 Å². The number of aromatic nitrogens is 4. The van der Waals surface area contributed by atoms with Crippen molar-refractivity contribution < 1.29 is 18.8 Å². The molecule has 0 N–H and O–H groups in total. The molecule has 19 heavy (non-hydrogen) atoms. The molecule has 102 valence electrons. The number of carbonyl (C=O) groups excluding carboxylic acids is 1. The highest BCUT2D eigenvalue weighted by molar-refractivity contribution is 5.88. The number of aryl methyl sites for hydroxylation is 1. The lowest BCUT2D eigenvalue weighted by atomic mass is 10.3. The smallest absolute Gasteiger partial charge is 0.360 e. The molecule has 0 aliphatic heterocycles. The minimum Gasteiger partial charge on any atom is -0.464 e. The van der Waals surface area contributed by atoms with Crippen LogP contribution in [0.25, 0.3) is 0 Å². The van der Waals surface area contributed by atoms with Crippen molar-refractivity contribution in [3.8, 4) is 0 Å². The molecule has 0 aliphatic rings. The molecule has 2 aromatic rings. The fourth-order valence-electron chi connectivity index (χ4n) is 1.64. The molecule has 0 saturated heterocycles.